The van der Waals surface area contributed by atoms with Crippen molar-refractivity contribution in [2.24, 2.45) is 11.0 Å². The molecule has 15 heavy (non-hydrogen) atoms. The maximum atomic E-state index is 11.2. The lowest BCUT2D eigenvalue weighted by Crippen LogP contribution is -2.31. The molecule has 0 radical (unpaired) electrons. The normalized spacial score (nSPS) is 11.1. The van der Waals surface area contributed by atoms with Crippen molar-refractivity contribution in [1.29, 1.82) is 0 Å². The van der Waals surface area contributed by atoms with Gasteiger partial charge in [-0.05, 0) is 18.2 Å². The minimum Gasteiger partial charge on any atom is -0.398 e. The number of hydrazine groups is 1. The summed E-state index contributed by atoms with van der Waals surface area (Å²) in [5, 5.41) is 4.89. The van der Waals surface area contributed by atoms with Crippen molar-refractivity contribution < 1.29 is 13.2 Å². The van der Waals surface area contributed by atoms with E-state index in [4.69, 9.17) is 16.7 Å². The summed E-state index contributed by atoms with van der Waals surface area (Å²) in [6.07, 6.45) is 0. The maximum Gasteiger partial charge on any atom is 0.267 e. The number of nitrogen functional groups attached to an aromatic ring is 2. The molecule has 0 aliphatic rings. The third-order valence-corrected chi connectivity index (χ3v) is 2.64. The van der Waals surface area contributed by atoms with Gasteiger partial charge in [0, 0.05) is 5.69 Å². The van der Waals surface area contributed by atoms with Gasteiger partial charge in [-0.2, -0.15) is 0 Å². The molecule has 0 unspecified atom stereocenters. The number of nitrogens with one attached hydrogen (secondary N) is 1. The van der Waals surface area contributed by atoms with Crippen LogP contribution in [0, 0.1) is 0 Å². The quantitative estimate of drug-likeness (QED) is 0.212. The Morgan fingerprint density at radius 1 is 1.33 bits per heavy atom. The number of primary sulfonamides is 1. The predicted molar refractivity (Wildman–Crippen MR) is 53.9 cm³/mol. The summed E-state index contributed by atoms with van der Waals surface area (Å²) in [4.78, 5) is 11.0. The Kier molecular flexibility index (Phi) is 2.93. The molecule has 8 heteroatoms. The fourth-order valence-corrected chi connectivity index (χ4v) is 1.53. The van der Waals surface area contributed by atoms with Gasteiger partial charge in [0.25, 0.3) is 5.91 Å². The van der Waals surface area contributed by atoms with Gasteiger partial charge in [0.05, 0.1) is 10.5 Å². The van der Waals surface area contributed by atoms with Crippen molar-refractivity contribution in [2.45, 2.75) is 4.90 Å². The molecule has 1 aromatic carbocycles. The van der Waals surface area contributed by atoms with Crippen LogP contribution in [0.3, 0.4) is 0 Å². The second-order valence-electron chi connectivity index (χ2n) is 2.77. The van der Waals surface area contributed by atoms with Crippen molar-refractivity contribution in [3.8, 4) is 0 Å². The smallest absolute Gasteiger partial charge is 0.267 e. The molecular weight excluding hydrogens is 220 g/mol. The van der Waals surface area contributed by atoms with Crippen molar-refractivity contribution >= 4 is 21.6 Å². The van der Waals surface area contributed by atoms with Crippen LogP contribution in [0.2, 0.25) is 0 Å². The minimum atomic E-state index is -3.86. The number of amides is 1. The second kappa shape index (κ2) is 3.85. The van der Waals surface area contributed by atoms with Crippen LogP contribution in [0.1, 0.15) is 10.4 Å². The molecule has 0 fully saturated rings. The first-order valence-electron chi connectivity index (χ1n) is 3.79. The van der Waals surface area contributed by atoms with E-state index >= 15 is 0 Å². The number of nitrogens with two attached hydrogens (primary N) is 3. The van der Waals surface area contributed by atoms with Gasteiger partial charge < -0.3 is 5.73 Å². The lowest BCUT2D eigenvalue weighted by Gasteiger charge is -2.05. The predicted octanol–water partition coefficient (Wildman–Crippen LogP) is -1.48. The summed E-state index contributed by atoms with van der Waals surface area (Å²) < 4.78 is 22.0. The largest absolute Gasteiger partial charge is 0.398 e. The zero-order valence-corrected chi connectivity index (χ0v) is 8.41. The molecule has 0 spiro atoms. The number of benzene rings is 1. The van der Waals surface area contributed by atoms with Crippen LogP contribution in [0.4, 0.5) is 5.69 Å². The van der Waals surface area contributed by atoms with Crippen LogP contribution in [0.15, 0.2) is 23.1 Å². The molecule has 0 atom stereocenters. The Morgan fingerprint density at radius 3 is 2.40 bits per heavy atom. The van der Waals surface area contributed by atoms with Gasteiger partial charge in [0.2, 0.25) is 10.0 Å². The standard InChI is InChI=1S/C7H10N4O3S/c8-6-2-1-4(15(10,13)14)3-5(6)7(12)11-9/h1-3H,8-9H2,(H,11,12)(H2,10,13,14). The van der Waals surface area contributed by atoms with Crippen LogP contribution in [0.5, 0.6) is 0 Å². The average molecular weight is 230 g/mol. The van der Waals surface area contributed by atoms with Crippen molar-refractivity contribution in [2.75, 3.05) is 5.73 Å². The third-order valence-electron chi connectivity index (χ3n) is 1.73. The molecule has 0 aromatic heterocycles. The lowest BCUT2D eigenvalue weighted by molar-refractivity contribution is 0.0954. The molecule has 0 aliphatic carbocycles. The third kappa shape index (κ3) is 2.43. The average Bonchev–Trinajstić information content (AvgIpc) is 2.15. The molecule has 1 amide bonds. The number of carbonyl (C=O) groups excluding carboxylic acids is 1. The molecule has 0 bridgehead atoms. The van der Waals surface area contributed by atoms with Gasteiger partial charge in [-0.15, -0.1) is 0 Å². The summed E-state index contributed by atoms with van der Waals surface area (Å²) in [5.41, 5.74) is 7.38. The molecular formula is C7H10N4O3S. The number of hydrogen-bond donors (Lipinski definition) is 4. The zero-order chi connectivity index (χ0) is 11.6. The molecule has 0 saturated carbocycles. The molecule has 7 N–H and O–H groups in total. The highest BCUT2D eigenvalue weighted by molar-refractivity contribution is 7.89. The van der Waals surface area contributed by atoms with Crippen molar-refractivity contribution in [1.82, 2.24) is 5.43 Å². The number of sulfonamides is 1. The summed E-state index contributed by atoms with van der Waals surface area (Å²) in [6.45, 7) is 0. The van der Waals surface area contributed by atoms with Crippen molar-refractivity contribution in [3.63, 3.8) is 0 Å². The molecule has 1 aromatic rings. The van der Waals surface area contributed by atoms with Gasteiger partial charge >= 0.3 is 0 Å². The monoisotopic (exact) mass is 230 g/mol. The van der Waals surface area contributed by atoms with Crippen molar-refractivity contribution in [3.05, 3.63) is 23.8 Å². The van der Waals surface area contributed by atoms with E-state index in [1.54, 1.807) is 0 Å². The molecule has 82 valence electrons. The Bertz CT molecular complexity index is 497. The summed E-state index contributed by atoms with van der Waals surface area (Å²) >= 11 is 0. The Balaban J connectivity index is 3.36. The van der Waals surface area contributed by atoms with E-state index in [1.165, 1.54) is 12.1 Å². The van der Waals surface area contributed by atoms with Crippen LogP contribution in [-0.4, -0.2) is 14.3 Å². The van der Waals surface area contributed by atoms with Gasteiger partial charge in [-0.25, -0.2) is 19.4 Å². The van der Waals surface area contributed by atoms with Gasteiger partial charge in [0.1, 0.15) is 0 Å². The highest BCUT2D eigenvalue weighted by Crippen LogP contribution is 2.16. The fourth-order valence-electron chi connectivity index (χ4n) is 0.987. The Labute approximate surface area is 86.3 Å². The van der Waals surface area contributed by atoms with E-state index in [9.17, 15) is 13.2 Å². The molecule has 0 saturated heterocycles. The summed E-state index contributed by atoms with van der Waals surface area (Å²) in [7, 11) is -3.86. The minimum absolute atomic E-state index is 0.0379. The van der Waals surface area contributed by atoms with Crippen LogP contribution < -0.4 is 22.1 Å². The highest BCUT2D eigenvalue weighted by Gasteiger charge is 2.14. The first kappa shape index (κ1) is 11.4. The number of anilines is 1. The topological polar surface area (TPSA) is 141 Å². The SMILES string of the molecule is NNC(=O)c1cc(S(N)(=O)=O)ccc1N. The first-order chi connectivity index (χ1) is 6.86. The molecule has 0 aliphatic heterocycles. The van der Waals surface area contributed by atoms with E-state index in [1.807, 2.05) is 5.43 Å². The van der Waals surface area contributed by atoms with E-state index in [2.05, 4.69) is 0 Å². The maximum absolute atomic E-state index is 11.2. The zero-order valence-electron chi connectivity index (χ0n) is 7.60. The number of hydrogen-bond acceptors (Lipinski definition) is 5. The van der Waals surface area contributed by atoms with Gasteiger partial charge in [-0.3, -0.25) is 10.2 Å². The highest BCUT2D eigenvalue weighted by atomic mass is 32.2. The first-order valence-corrected chi connectivity index (χ1v) is 5.34. The van der Waals surface area contributed by atoms with Crippen LogP contribution >= 0.6 is 0 Å². The summed E-state index contributed by atoms with van der Waals surface area (Å²) in [5.74, 6) is 4.21. The fraction of sp³-hybridized carbons (Fsp3) is 0. The summed E-state index contributed by atoms with van der Waals surface area (Å²) in [6, 6.07) is 3.54. The number of rotatable bonds is 2. The molecule has 7 nitrogen and oxygen atoms in total. The molecule has 1 rings (SSSR count). The Hall–Kier alpha value is -1.64. The van der Waals surface area contributed by atoms with E-state index in [0.717, 1.165) is 6.07 Å². The van der Waals surface area contributed by atoms with E-state index < -0.39 is 15.9 Å². The lowest BCUT2D eigenvalue weighted by atomic mass is 10.2. The van der Waals surface area contributed by atoms with E-state index in [-0.39, 0.29) is 16.1 Å². The van der Waals surface area contributed by atoms with E-state index in [0.29, 0.717) is 0 Å². The second-order valence-corrected chi connectivity index (χ2v) is 4.33. The van der Waals surface area contributed by atoms with Gasteiger partial charge in [0.15, 0.2) is 0 Å². The van der Waals surface area contributed by atoms with Crippen LogP contribution in [-0.2, 0) is 10.0 Å². The molecule has 0 heterocycles. The number of carbonyl (C=O) groups is 1. The Morgan fingerprint density at radius 2 is 1.93 bits per heavy atom. The van der Waals surface area contributed by atoms with Crippen LogP contribution in [0.25, 0.3) is 0 Å². The van der Waals surface area contributed by atoms with Gasteiger partial charge in [-0.1, -0.05) is 0 Å².